The number of nitrogens with one attached hydrogen (secondary N) is 1. The van der Waals surface area contributed by atoms with Crippen molar-refractivity contribution < 1.29 is 13.5 Å². The quantitative estimate of drug-likeness (QED) is 0.876. The lowest BCUT2D eigenvalue weighted by molar-refractivity contribution is 0.181. The summed E-state index contributed by atoms with van der Waals surface area (Å²) in [6.45, 7) is 0.219. The van der Waals surface area contributed by atoms with Crippen molar-refractivity contribution in [2.75, 3.05) is 12.4 Å². The highest BCUT2D eigenvalue weighted by atomic mass is 35.5. The van der Waals surface area contributed by atoms with Crippen LogP contribution in [0.15, 0.2) is 24.3 Å². The fourth-order valence-corrected chi connectivity index (χ4v) is 1.68. The Hall–Kier alpha value is -1.79. The van der Waals surface area contributed by atoms with Crippen LogP contribution >= 0.6 is 11.6 Å². The molecule has 0 saturated carbocycles. The molecule has 0 spiro atoms. The van der Waals surface area contributed by atoms with Crippen LogP contribution in [0, 0.1) is 11.6 Å². The van der Waals surface area contributed by atoms with Gasteiger partial charge in [0.05, 0.1) is 12.3 Å². The summed E-state index contributed by atoms with van der Waals surface area (Å²) in [5.41, 5.74) is 0.176. The molecule has 0 unspecified atom stereocenters. The molecule has 1 aromatic carbocycles. The van der Waals surface area contributed by atoms with Crippen molar-refractivity contribution in [3.05, 3.63) is 46.7 Å². The van der Waals surface area contributed by atoms with Crippen LogP contribution in [0.2, 0.25) is 5.15 Å². The van der Waals surface area contributed by atoms with Gasteiger partial charge >= 0.3 is 0 Å². The zero-order chi connectivity index (χ0) is 13.8. The maximum atomic E-state index is 13.5. The summed E-state index contributed by atoms with van der Waals surface area (Å²) >= 11 is 5.80. The SMILES string of the molecule is COCc1cc(Cl)nc(Nc2c(F)cccc2F)n1. The van der Waals surface area contributed by atoms with Gasteiger partial charge in [0.2, 0.25) is 5.95 Å². The van der Waals surface area contributed by atoms with E-state index in [2.05, 4.69) is 15.3 Å². The van der Waals surface area contributed by atoms with E-state index in [1.54, 1.807) is 0 Å². The summed E-state index contributed by atoms with van der Waals surface area (Å²) in [5.74, 6) is -1.47. The van der Waals surface area contributed by atoms with Crippen LogP contribution in [-0.4, -0.2) is 17.1 Å². The number of ether oxygens (including phenoxy) is 1. The molecule has 0 amide bonds. The second kappa shape index (κ2) is 5.90. The minimum Gasteiger partial charge on any atom is -0.378 e. The fourth-order valence-electron chi connectivity index (χ4n) is 1.47. The van der Waals surface area contributed by atoms with Crippen LogP contribution in [-0.2, 0) is 11.3 Å². The Morgan fingerprint density at radius 3 is 2.58 bits per heavy atom. The third-order valence-electron chi connectivity index (χ3n) is 2.24. The third kappa shape index (κ3) is 3.36. The Morgan fingerprint density at radius 2 is 1.95 bits per heavy atom. The van der Waals surface area contributed by atoms with E-state index in [9.17, 15) is 8.78 Å². The topological polar surface area (TPSA) is 47.0 Å². The van der Waals surface area contributed by atoms with Crippen LogP contribution in [0.3, 0.4) is 0 Å². The number of aromatic nitrogens is 2. The predicted octanol–water partition coefficient (Wildman–Crippen LogP) is 3.30. The molecular formula is C12H10ClF2N3O. The molecule has 0 aliphatic heterocycles. The van der Waals surface area contributed by atoms with Gasteiger partial charge in [-0.2, -0.15) is 0 Å². The Balaban J connectivity index is 2.33. The van der Waals surface area contributed by atoms with E-state index in [-0.39, 0.29) is 23.4 Å². The zero-order valence-corrected chi connectivity index (χ0v) is 10.7. The van der Waals surface area contributed by atoms with Gasteiger partial charge in [0, 0.05) is 7.11 Å². The molecule has 0 atom stereocenters. The predicted molar refractivity (Wildman–Crippen MR) is 67.4 cm³/mol. The first-order valence-electron chi connectivity index (χ1n) is 5.33. The van der Waals surface area contributed by atoms with Crippen molar-refractivity contribution >= 4 is 23.2 Å². The van der Waals surface area contributed by atoms with E-state index in [0.717, 1.165) is 12.1 Å². The largest absolute Gasteiger partial charge is 0.378 e. The minimum absolute atomic E-state index is 0.00329. The van der Waals surface area contributed by atoms with Crippen molar-refractivity contribution in [3.8, 4) is 0 Å². The van der Waals surface area contributed by atoms with Gasteiger partial charge in [-0.05, 0) is 18.2 Å². The van der Waals surface area contributed by atoms with Crippen LogP contribution in [0.25, 0.3) is 0 Å². The smallest absolute Gasteiger partial charge is 0.229 e. The van der Waals surface area contributed by atoms with Gasteiger partial charge in [-0.3, -0.25) is 0 Å². The van der Waals surface area contributed by atoms with Gasteiger partial charge in [0.15, 0.2) is 0 Å². The van der Waals surface area contributed by atoms with E-state index in [1.807, 2.05) is 0 Å². The van der Waals surface area contributed by atoms with Gasteiger partial charge < -0.3 is 10.1 Å². The van der Waals surface area contributed by atoms with Crippen molar-refractivity contribution in [1.82, 2.24) is 9.97 Å². The number of methoxy groups -OCH3 is 1. The van der Waals surface area contributed by atoms with Crippen LogP contribution in [0.5, 0.6) is 0 Å². The molecule has 2 aromatic rings. The van der Waals surface area contributed by atoms with Crippen molar-refractivity contribution in [2.24, 2.45) is 0 Å². The van der Waals surface area contributed by atoms with Gasteiger partial charge in [0.1, 0.15) is 22.5 Å². The van der Waals surface area contributed by atoms with Gasteiger partial charge in [-0.25, -0.2) is 18.7 Å². The van der Waals surface area contributed by atoms with Gasteiger partial charge in [-0.15, -0.1) is 0 Å². The van der Waals surface area contributed by atoms with Gasteiger partial charge in [0.25, 0.3) is 0 Å². The number of benzene rings is 1. The number of hydrogen-bond acceptors (Lipinski definition) is 4. The van der Waals surface area contributed by atoms with E-state index in [1.165, 1.54) is 19.2 Å². The lowest BCUT2D eigenvalue weighted by Gasteiger charge is -2.08. The molecule has 7 heteroatoms. The van der Waals surface area contributed by atoms with E-state index in [4.69, 9.17) is 16.3 Å². The standard InChI is InChI=1S/C12H10ClF2N3O/c1-19-6-7-5-10(13)17-12(16-7)18-11-8(14)3-2-4-9(11)15/h2-5H,6H2,1H3,(H,16,17,18). The Labute approximate surface area is 113 Å². The lowest BCUT2D eigenvalue weighted by atomic mass is 10.3. The Morgan fingerprint density at radius 1 is 1.26 bits per heavy atom. The average Bonchev–Trinajstić information content (AvgIpc) is 2.34. The molecule has 1 aromatic heterocycles. The highest BCUT2D eigenvalue weighted by molar-refractivity contribution is 6.29. The molecule has 100 valence electrons. The summed E-state index contributed by atoms with van der Waals surface area (Å²) in [6.07, 6.45) is 0. The second-order valence-electron chi connectivity index (χ2n) is 3.66. The molecule has 2 rings (SSSR count). The minimum atomic E-state index is -0.739. The Kier molecular flexibility index (Phi) is 4.24. The zero-order valence-electron chi connectivity index (χ0n) is 9.95. The van der Waals surface area contributed by atoms with E-state index >= 15 is 0 Å². The number of rotatable bonds is 4. The van der Waals surface area contributed by atoms with E-state index in [0.29, 0.717) is 5.69 Å². The second-order valence-corrected chi connectivity index (χ2v) is 4.05. The molecule has 0 bridgehead atoms. The molecule has 0 saturated heterocycles. The number of halogens is 3. The number of anilines is 2. The normalized spacial score (nSPS) is 10.5. The third-order valence-corrected chi connectivity index (χ3v) is 2.43. The monoisotopic (exact) mass is 285 g/mol. The molecule has 4 nitrogen and oxygen atoms in total. The molecule has 0 aliphatic rings. The summed E-state index contributed by atoms with van der Waals surface area (Å²) in [6, 6.07) is 5.04. The number of nitrogens with zero attached hydrogens (tertiary/aromatic N) is 2. The molecular weight excluding hydrogens is 276 g/mol. The Bertz CT molecular complexity index is 575. The molecule has 1 N–H and O–H groups in total. The average molecular weight is 286 g/mol. The maximum absolute atomic E-state index is 13.5. The molecule has 19 heavy (non-hydrogen) atoms. The highest BCUT2D eigenvalue weighted by Crippen LogP contribution is 2.22. The van der Waals surface area contributed by atoms with Crippen LogP contribution in [0.1, 0.15) is 5.69 Å². The molecule has 1 heterocycles. The maximum Gasteiger partial charge on any atom is 0.229 e. The van der Waals surface area contributed by atoms with Crippen molar-refractivity contribution in [2.45, 2.75) is 6.61 Å². The molecule has 0 aliphatic carbocycles. The van der Waals surface area contributed by atoms with E-state index < -0.39 is 11.6 Å². The van der Waals surface area contributed by atoms with Gasteiger partial charge in [-0.1, -0.05) is 17.7 Å². The van der Waals surface area contributed by atoms with Crippen LogP contribution < -0.4 is 5.32 Å². The fraction of sp³-hybridized carbons (Fsp3) is 0.167. The molecule has 0 fully saturated rings. The summed E-state index contributed by atoms with van der Waals surface area (Å²) in [7, 11) is 1.50. The first kappa shape index (κ1) is 13.6. The first-order chi connectivity index (χ1) is 9.10. The van der Waals surface area contributed by atoms with Crippen molar-refractivity contribution in [1.29, 1.82) is 0 Å². The first-order valence-corrected chi connectivity index (χ1v) is 5.71. The summed E-state index contributed by atoms with van der Waals surface area (Å²) in [4.78, 5) is 7.88. The summed E-state index contributed by atoms with van der Waals surface area (Å²) < 4.78 is 31.8. The van der Waals surface area contributed by atoms with Crippen LogP contribution in [0.4, 0.5) is 20.4 Å². The molecule has 0 radical (unpaired) electrons. The highest BCUT2D eigenvalue weighted by Gasteiger charge is 2.11. The summed E-state index contributed by atoms with van der Waals surface area (Å²) in [5, 5.41) is 2.62. The van der Waals surface area contributed by atoms with Crippen molar-refractivity contribution in [3.63, 3.8) is 0 Å². The lowest BCUT2D eigenvalue weighted by Crippen LogP contribution is -2.04. The number of para-hydroxylation sites is 1. The number of hydrogen-bond donors (Lipinski definition) is 1.